The topological polar surface area (TPSA) is 95.7 Å². The number of nitrogens with zero attached hydrogens (tertiary/aromatic N) is 1. The van der Waals surface area contributed by atoms with E-state index < -0.39 is 34.5 Å². The van der Waals surface area contributed by atoms with Crippen molar-refractivity contribution >= 4 is 11.8 Å². The van der Waals surface area contributed by atoms with Gasteiger partial charge in [-0.05, 0) is 95.0 Å². The van der Waals surface area contributed by atoms with Gasteiger partial charge in [0.25, 0.3) is 0 Å². The summed E-state index contributed by atoms with van der Waals surface area (Å²) in [5.41, 5.74) is 6.29. The number of aliphatic hydroxyl groups is 1. The molecule has 2 aliphatic rings. The van der Waals surface area contributed by atoms with Crippen LogP contribution in [0.3, 0.4) is 0 Å². The number of carbonyl (C=O) groups is 2. The average molecular weight is 596 g/mol. The van der Waals surface area contributed by atoms with Gasteiger partial charge in [0.1, 0.15) is 11.6 Å². The molecular formula is C35H47F2N3O3. The van der Waals surface area contributed by atoms with Gasteiger partial charge in [-0.15, -0.1) is 0 Å². The largest absolute Gasteiger partial charge is 0.391 e. The Hall–Kier alpha value is -3.10. The maximum absolute atomic E-state index is 14.5. The molecule has 0 aliphatic heterocycles. The highest BCUT2D eigenvalue weighted by Gasteiger charge is 2.59. The highest BCUT2D eigenvalue weighted by Crippen LogP contribution is 2.51. The lowest BCUT2D eigenvalue weighted by Gasteiger charge is -2.50. The molecule has 2 aromatic rings. The van der Waals surface area contributed by atoms with Crippen molar-refractivity contribution in [3.63, 3.8) is 0 Å². The van der Waals surface area contributed by atoms with Crippen LogP contribution in [0.1, 0.15) is 82.4 Å². The maximum atomic E-state index is 14.5. The molecule has 0 radical (unpaired) electrons. The van der Waals surface area contributed by atoms with Crippen molar-refractivity contribution in [1.82, 2.24) is 10.2 Å². The Labute approximate surface area is 254 Å². The molecule has 0 heterocycles. The fourth-order valence-corrected chi connectivity index (χ4v) is 7.21. The number of halogens is 2. The molecule has 43 heavy (non-hydrogen) atoms. The third-order valence-electron chi connectivity index (χ3n) is 9.27. The van der Waals surface area contributed by atoms with Gasteiger partial charge in [0.05, 0.1) is 16.9 Å². The van der Waals surface area contributed by atoms with E-state index in [-0.39, 0.29) is 29.9 Å². The number of allylic oxidation sites excluding steroid dienone is 1. The predicted molar refractivity (Wildman–Crippen MR) is 165 cm³/mol. The zero-order chi connectivity index (χ0) is 31.4. The van der Waals surface area contributed by atoms with Gasteiger partial charge in [0.2, 0.25) is 11.8 Å². The number of amides is 2. The Kier molecular flexibility index (Phi) is 10.1. The smallest absolute Gasteiger partial charge is 0.231 e. The molecule has 4 rings (SSSR count). The Morgan fingerprint density at radius 2 is 1.70 bits per heavy atom. The summed E-state index contributed by atoms with van der Waals surface area (Å²) in [7, 11) is 0. The fraction of sp³-hybridized carbons (Fsp3) is 0.543. The number of benzene rings is 2. The van der Waals surface area contributed by atoms with E-state index in [1.807, 2.05) is 20.8 Å². The van der Waals surface area contributed by atoms with Gasteiger partial charge in [-0.3, -0.25) is 9.59 Å². The summed E-state index contributed by atoms with van der Waals surface area (Å²) in [4.78, 5) is 29.6. The van der Waals surface area contributed by atoms with E-state index in [4.69, 9.17) is 5.73 Å². The van der Waals surface area contributed by atoms with Crippen molar-refractivity contribution in [2.45, 2.75) is 90.7 Å². The first-order chi connectivity index (χ1) is 20.4. The normalized spacial score (nSPS) is 24.3. The van der Waals surface area contributed by atoms with Crippen LogP contribution in [0.25, 0.3) is 0 Å². The van der Waals surface area contributed by atoms with Crippen molar-refractivity contribution in [3.05, 3.63) is 82.4 Å². The quantitative estimate of drug-likeness (QED) is 0.193. The average Bonchev–Trinajstić information content (AvgIpc) is 3.73. The number of rotatable bonds is 14. The number of hydrogen-bond acceptors (Lipinski definition) is 4. The number of hydrogen-bond donors (Lipinski definition) is 3. The van der Waals surface area contributed by atoms with Crippen LogP contribution >= 0.6 is 0 Å². The molecule has 2 aromatic carbocycles. The Morgan fingerprint density at radius 3 is 2.26 bits per heavy atom. The first-order valence-electron chi connectivity index (χ1n) is 15.6. The molecule has 0 spiro atoms. The third kappa shape index (κ3) is 6.86. The van der Waals surface area contributed by atoms with Gasteiger partial charge < -0.3 is 21.1 Å². The highest BCUT2D eigenvalue weighted by molar-refractivity contribution is 5.90. The van der Waals surface area contributed by atoms with Gasteiger partial charge in [-0.25, -0.2) is 8.78 Å². The Morgan fingerprint density at radius 1 is 1.05 bits per heavy atom. The molecule has 2 aliphatic carbocycles. The second-order valence-corrected chi connectivity index (χ2v) is 12.9. The molecule has 4 N–H and O–H groups in total. The number of nitrogens with two attached hydrogens (primary N) is 1. The number of aryl methyl sites for hydroxylation is 1. The molecule has 2 amide bonds. The van der Waals surface area contributed by atoms with Crippen molar-refractivity contribution in [3.8, 4) is 0 Å². The van der Waals surface area contributed by atoms with Crippen LogP contribution in [-0.4, -0.2) is 47.6 Å². The van der Waals surface area contributed by atoms with E-state index in [0.29, 0.717) is 32.5 Å². The first kappa shape index (κ1) is 32.8. The van der Waals surface area contributed by atoms with E-state index in [9.17, 15) is 23.5 Å². The highest BCUT2D eigenvalue weighted by atomic mass is 19.1. The van der Waals surface area contributed by atoms with Crippen LogP contribution in [0.4, 0.5) is 8.78 Å². The zero-order valence-corrected chi connectivity index (χ0v) is 26.0. The summed E-state index contributed by atoms with van der Waals surface area (Å²) in [5, 5.41) is 16.0. The summed E-state index contributed by atoms with van der Waals surface area (Å²) < 4.78 is 28.4. The predicted octanol–water partition coefficient (Wildman–Crippen LogP) is 5.69. The van der Waals surface area contributed by atoms with Crippen LogP contribution in [-0.2, 0) is 21.5 Å². The van der Waals surface area contributed by atoms with Crippen molar-refractivity contribution in [1.29, 1.82) is 0 Å². The van der Waals surface area contributed by atoms with Crippen molar-refractivity contribution in [2.75, 3.05) is 19.6 Å². The van der Waals surface area contributed by atoms with Crippen LogP contribution in [0.2, 0.25) is 0 Å². The van der Waals surface area contributed by atoms with Crippen LogP contribution in [0.15, 0.2) is 54.1 Å². The molecule has 3 atom stereocenters. The molecule has 0 aromatic heterocycles. The van der Waals surface area contributed by atoms with Gasteiger partial charge in [0.15, 0.2) is 0 Å². The van der Waals surface area contributed by atoms with E-state index >= 15 is 0 Å². The van der Waals surface area contributed by atoms with E-state index in [1.165, 1.54) is 11.1 Å². The van der Waals surface area contributed by atoms with E-state index in [0.717, 1.165) is 49.5 Å². The van der Waals surface area contributed by atoms with Gasteiger partial charge in [0, 0.05) is 24.7 Å². The second-order valence-electron chi connectivity index (χ2n) is 12.9. The van der Waals surface area contributed by atoms with Crippen LogP contribution in [0, 0.1) is 29.4 Å². The molecule has 234 valence electrons. The number of carbonyl (C=O) groups excluding carboxylic acids is 2. The number of aliphatic hydroxyl groups excluding tert-OH is 1. The minimum absolute atomic E-state index is 0.0842. The lowest BCUT2D eigenvalue weighted by Crippen LogP contribution is -2.62. The summed E-state index contributed by atoms with van der Waals surface area (Å²) in [5.74, 6) is -2.60. The SMILES string of the molecule is CCCN(CCC)C(=O)C1(CCCNC2(c3cccc(C)c3)CC2)CC(C)=C[C@](Cc2cc(F)cc(F)c2)(C(N)=O)[C@@H]1O. The van der Waals surface area contributed by atoms with Crippen LogP contribution < -0.4 is 11.1 Å². The molecule has 0 bridgehead atoms. The van der Waals surface area contributed by atoms with E-state index in [2.05, 4.69) is 36.5 Å². The lowest BCUT2D eigenvalue weighted by atomic mass is 9.57. The lowest BCUT2D eigenvalue weighted by molar-refractivity contribution is -0.162. The van der Waals surface area contributed by atoms with Crippen molar-refractivity contribution in [2.24, 2.45) is 16.6 Å². The molecule has 8 heteroatoms. The molecule has 6 nitrogen and oxygen atoms in total. The number of primary amides is 1. The molecule has 0 saturated heterocycles. The number of nitrogens with one attached hydrogen (secondary N) is 1. The minimum Gasteiger partial charge on any atom is -0.391 e. The standard InChI is InChI=1S/C35H47F2N3O3/c1-5-15-40(16-6-2)32(43)33(11-8-14-39-35(12-13-35)27-10-7-9-24(3)17-27)21-25(4)22-34(30(33)41,31(38)42)23-26-18-28(36)20-29(37)19-26/h7,9-10,17-20,22,30,39,41H,5-6,8,11-16,21,23H2,1-4H3,(H2,38,42)/t30-,33?,34-/m1/s1. The molecule has 1 unspecified atom stereocenters. The second kappa shape index (κ2) is 13.3. The fourth-order valence-electron chi connectivity index (χ4n) is 7.21. The molecule has 1 saturated carbocycles. The van der Waals surface area contributed by atoms with Crippen molar-refractivity contribution < 1.29 is 23.5 Å². The Balaban J connectivity index is 1.68. The monoisotopic (exact) mass is 595 g/mol. The van der Waals surface area contributed by atoms with Gasteiger partial charge in [-0.2, -0.15) is 0 Å². The van der Waals surface area contributed by atoms with Gasteiger partial charge >= 0.3 is 0 Å². The van der Waals surface area contributed by atoms with Gasteiger partial charge in [-0.1, -0.05) is 55.3 Å². The summed E-state index contributed by atoms with van der Waals surface area (Å²) in [6.07, 6.45) is 4.64. The summed E-state index contributed by atoms with van der Waals surface area (Å²) >= 11 is 0. The zero-order valence-electron chi connectivity index (χ0n) is 26.0. The maximum Gasteiger partial charge on any atom is 0.231 e. The Bertz CT molecular complexity index is 1330. The molecular weight excluding hydrogens is 548 g/mol. The summed E-state index contributed by atoms with van der Waals surface area (Å²) in [6.45, 7) is 9.59. The minimum atomic E-state index is -1.71. The van der Waals surface area contributed by atoms with E-state index in [1.54, 1.807) is 11.0 Å². The third-order valence-corrected chi connectivity index (χ3v) is 9.27. The van der Waals surface area contributed by atoms with Crippen LogP contribution in [0.5, 0.6) is 0 Å². The summed E-state index contributed by atoms with van der Waals surface area (Å²) in [6, 6.07) is 11.5. The molecule has 1 fully saturated rings. The first-order valence-corrected chi connectivity index (χ1v) is 15.6.